The summed E-state index contributed by atoms with van der Waals surface area (Å²) in [7, 11) is 1.53. The van der Waals surface area contributed by atoms with E-state index in [1.807, 2.05) is 0 Å². The standard InChI is InChI=1S/C12H14N4O2/c1-7(13)12(17)15-9-5-6-14-8-3-4-10(18-2)16-11(8)9/h3-7H,13H2,1-2H3,(H,14,15,17)/t7-/m0/s1. The fourth-order valence-electron chi connectivity index (χ4n) is 1.47. The SMILES string of the molecule is COc1ccc2nccc(NC(=O)[C@H](C)N)c2n1. The average molecular weight is 246 g/mol. The highest BCUT2D eigenvalue weighted by molar-refractivity contribution is 6.01. The number of hydrogen-bond acceptors (Lipinski definition) is 5. The van der Waals surface area contributed by atoms with Gasteiger partial charge in [0.05, 0.1) is 24.4 Å². The molecular weight excluding hydrogens is 232 g/mol. The first-order valence-corrected chi connectivity index (χ1v) is 5.48. The average Bonchev–Trinajstić information content (AvgIpc) is 2.38. The zero-order chi connectivity index (χ0) is 13.1. The van der Waals surface area contributed by atoms with E-state index in [2.05, 4.69) is 15.3 Å². The van der Waals surface area contributed by atoms with Crippen molar-refractivity contribution in [2.75, 3.05) is 12.4 Å². The van der Waals surface area contributed by atoms with Gasteiger partial charge in [-0.15, -0.1) is 0 Å². The third kappa shape index (κ3) is 2.38. The molecule has 18 heavy (non-hydrogen) atoms. The zero-order valence-corrected chi connectivity index (χ0v) is 10.2. The third-order valence-electron chi connectivity index (χ3n) is 2.44. The number of methoxy groups -OCH3 is 1. The Morgan fingerprint density at radius 3 is 2.89 bits per heavy atom. The Balaban J connectivity index is 2.46. The molecule has 1 amide bonds. The number of anilines is 1. The fraction of sp³-hybridized carbons (Fsp3) is 0.250. The lowest BCUT2D eigenvalue weighted by molar-refractivity contribution is -0.117. The highest BCUT2D eigenvalue weighted by Gasteiger charge is 2.11. The summed E-state index contributed by atoms with van der Waals surface area (Å²) in [5.74, 6) is 0.193. The maximum atomic E-state index is 11.6. The lowest BCUT2D eigenvalue weighted by Gasteiger charge is -2.10. The van der Waals surface area contributed by atoms with Gasteiger partial charge < -0.3 is 15.8 Å². The Morgan fingerprint density at radius 1 is 1.44 bits per heavy atom. The number of aromatic nitrogens is 2. The van der Waals surface area contributed by atoms with Crippen LogP contribution in [0, 0.1) is 0 Å². The molecular formula is C12H14N4O2. The number of hydrogen-bond donors (Lipinski definition) is 2. The number of amides is 1. The number of nitrogens with one attached hydrogen (secondary N) is 1. The summed E-state index contributed by atoms with van der Waals surface area (Å²) in [6.07, 6.45) is 1.60. The normalized spacial score (nSPS) is 12.2. The lowest BCUT2D eigenvalue weighted by atomic mass is 10.2. The highest BCUT2D eigenvalue weighted by atomic mass is 16.5. The Morgan fingerprint density at radius 2 is 2.22 bits per heavy atom. The molecule has 0 saturated carbocycles. The molecule has 0 bridgehead atoms. The summed E-state index contributed by atoms with van der Waals surface area (Å²) in [6, 6.07) is 4.59. The first-order chi connectivity index (χ1) is 8.61. The Labute approximate surface area is 104 Å². The van der Waals surface area contributed by atoms with E-state index in [1.165, 1.54) is 7.11 Å². The second-order valence-electron chi connectivity index (χ2n) is 3.86. The van der Waals surface area contributed by atoms with Gasteiger partial charge in [0.1, 0.15) is 5.52 Å². The van der Waals surface area contributed by atoms with Crippen molar-refractivity contribution >= 4 is 22.6 Å². The molecule has 0 aromatic carbocycles. The smallest absolute Gasteiger partial charge is 0.241 e. The van der Waals surface area contributed by atoms with Crippen LogP contribution < -0.4 is 15.8 Å². The van der Waals surface area contributed by atoms with Crippen LogP contribution in [0.1, 0.15) is 6.92 Å². The van der Waals surface area contributed by atoms with Crippen LogP contribution in [0.3, 0.4) is 0 Å². The number of carbonyl (C=O) groups is 1. The van der Waals surface area contributed by atoms with Gasteiger partial charge in [0.25, 0.3) is 0 Å². The first-order valence-electron chi connectivity index (χ1n) is 5.48. The topological polar surface area (TPSA) is 90.1 Å². The van der Waals surface area contributed by atoms with Crippen LogP contribution in [0.25, 0.3) is 11.0 Å². The second kappa shape index (κ2) is 4.97. The van der Waals surface area contributed by atoms with Crippen molar-refractivity contribution in [1.29, 1.82) is 0 Å². The van der Waals surface area contributed by atoms with Crippen LogP contribution in [0.5, 0.6) is 5.88 Å². The first kappa shape index (κ1) is 12.3. The minimum atomic E-state index is -0.584. The van der Waals surface area contributed by atoms with Gasteiger partial charge in [0, 0.05) is 12.3 Å². The molecule has 94 valence electrons. The second-order valence-corrected chi connectivity index (χ2v) is 3.86. The van der Waals surface area contributed by atoms with E-state index >= 15 is 0 Å². The molecule has 6 nitrogen and oxygen atoms in total. The van der Waals surface area contributed by atoms with E-state index in [0.29, 0.717) is 22.6 Å². The fourth-order valence-corrected chi connectivity index (χ4v) is 1.47. The molecule has 0 radical (unpaired) electrons. The van der Waals surface area contributed by atoms with E-state index in [1.54, 1.807) is 31.3 Å². The van der Waals surface area contributed by atoms with Crippen LogP contribution in [0.15, 0.2) is 24.4 Å². The number of fused-ring (bicyclic) bond motifs is 1. The van der Waals surface area contributed by atoms with Gasteiger partial charge in [0.15, 0.2) is 0 Å². The van der Waals surface area contributed by atoms with E-state index < -0.39 is 6.04 Å². The molecule has 0 spiro atoms. The minimum Gasteiger partial charge on any atom is -0.481 e. The Bertz CT molecular complexity index is 583. The molecule has 0 aliphatic heterocycles. The lowest BCUT2D eigenvalue weighted by Crippen LogP contribution is -2.32. The molecule has 0 unspecified atom stereocenters. The van der Waals surface area contributed by atoms with E-state index in [0.717, 1.165) is 0 Å². The van der Waals surface area contributed by atoms with Gasteiger partial charge in [-0.2, -0.15) is 0 Å². The zero-order valence-electron chi connectivity index (χ0n) is 10.2. The van der Waals surface area contributed by atoms with Crippen LogP contribution in [-0.4, -0.2) is 29.0 Å². The molecule has 0 aliphatic carbocycles. The Kier molecular flexibility index (Phi) is 3.38. The van der Waals surface area contributed by atoms with Crippen LogP contribution in [0.4, 0.5) is 5.69 Å². The van der Waals surface area contributed by atoms with Crippen molar-refractivity contribution in [2.45, 2.75) is 13.0 Å². The van der Waals surface area contributed by atoms with Crippen molar-refractivity contribution in [3.8, 4) is 5.88 Å². The van der Waals surface area contributed by atoms with Crippen molar-refractivity contribution in [2.24, 2.45) is 5.73 Å². The van der Waals surface area contributed by atoms with Crippen LogP contribution >= 0.6 is 0 Å². The summed E-state index contributed by atoms with van der Waals surface area (Å²) in [4.78, 5) is 20.0. The maximum absolute atomic E-state index is 11.6. The molecule has 0 aliphatic rings. The number of nitrogens with zero attached hydrogens (tertiary/aromatic N) is 2. The monoisotopic (exact) mass is 246 g/mol. The molecule has 6 heteroatoms. The molecule has 3 N–H and O–H groups in total. The summed E-state index contributed by atoms with van der Waals surface area (Å²) in [5, 5.41) is 2.71. The number of nitrogens with two attached hydrogens (primary N) is 1. The van der Waals surface area contributed by atoms with Crippen molar-refractivity contribution < 1.29 is 9.53 Å². The van der Waals surface area contributed by atoms with Gasteiger partial charge in [0.2, 0.25) is 11.8 Å². The minimum absolute atomic E-state index is 0.271. The van der Waals surface area contributed by atoms with E-state index in [-0.39, 0.29) is 5.91 Å². The molecule has 0 saturated heterocycles. The van der Waals surface area contributed by atoms with Gasteiger partial charge in [-0.1, -0.05) is 0 Å². The van der Waals surface area contributed by atoms with Crippen LogP contribution in [-0.2, 0) is 4.79 Å². The van der Waals surface area contributed by atoms with Gasteiger partial charge in [-0.05, 0) is 19.1 Å². The van der Waals surface area contributed by atoms with Crippen molar-refractivity contribution in [3.63, 3.8) is 0 Å². The van der Waals surface area contributed by atoms with Gasteiger partial charge >= 0.3 is 0 Å². The molecule has 2 aromatic rings. The number of rotatable bonds is 3. The predicted octanol–water partition coefficient (Wildman–Crippen LogP) is 0.924. The van der Waals surface area contributed by atoms with Crippen LogP contribution in [0.2, 0.25) is 0 Å². The molecule has 2 aromatic heterocycles. The molecule has 2 rings (SSSR count). The van der Waals surface area contributed by atoms with Gasteiger partial charge in [-0.25, -0.2) is 4.98 Å². The Hall–Kier alpha value is -2.21. The van der Waals surface area contributed by atoms with Crippen molar-refractivity contribution in [3.05, 3.63) is 24.4 Å². The number of ether oxygens (including phenoxy) is 1. The molecule has 2 heterocycles. The predicted molar refractivity (Wildman–Crippen MR) is 68.4 cm³/mol. The van der Waals surface area contributed by atoms with E-state index in [9.17, 15) is 4.79 Å². The molecule has 0 fully saturated rings. The summed E-state index contributed by atoms with van der Waals surface area (Å²) >= 11 is 0. The quantitative estimate of drug-likeness (QED) is 0.840. The highest BCUT2D eigenvalue weighted by Crippen LogP contribution is 2.22. The number of carbonyl (C=O) groups excluding carboxylic acids is 1. The van der Waals surface area contributed by atoms with E-state index in [4.69, 9.17) is 10.5 Å². The number of pyridine rings is 2. The third-order valence-corrected chi connectivity index (χ3v) is 2.44. The summed E-state index contributed by atoms with van der Waals surface area (Å²) < 4.78 is 5.05. The van der Waals surface area contributed by atoms with Crippen molar-refractivity contribution in [1.82, 2.24) is 9.97 Å². The largest absolute Gasteiger partial charge is 0.481 e. The van der Waals surface area contributed by atoms with Gasteiger partial charge in [-0.3, -0.25) is 9.78 Å². The molecule has 1 atom stereocenters. The summed E-state index contributed by atoms with van der Waals surface area (Å²) in [5.41, 5.74) is 7.34. The summed E-state index contributed by atoms with van der Waals surface area (Å²) in [6.45, 7) is 1.62. The maximum Gasteiger partial charge on any atom is 0.241 e.